The third-order valence-corrected chi connectivity index (χ3v) is 3.68. The van der Waals surface area contributed by atoms with Crippen molar-refractivity contribution in [2.24, 2.45) is 4.99 Å². The molecule has 0 unspecified atom stereocenters. The molecule has 0 aliphatic carbocycles. The lowest BCUT2D eigenvalue weighted by molar-refractivity contribution is 0.0529. The monoisotopic (exact) mass is 559 g/mol. The zero-order valence-electron chi connectivity index (χ0n) is 18.8. The molecule has 0 radical (unpaired) electrons. The lowest BCUT2D eigenvalue weighted by Crippen LogP contribution is -2.42. The molecule has 1 aromatic carbocycles. The number of guanidine groups is 1. The number of benzene rings is 1. The largest absolute Gasteiger partial charge is 0.444 e. The van der Waals surface area contributed by atoms with Crippen molar-refractivity contribution in [3.05, 3.63) is 54.0 Å². The minimum absolute atomic E-state index is 0. The van der Waals surface area contributed by atoms with E-state index in [0.29, 0.717) is 43.8 Å². The second-order valence-electron chi connectivity index (χ2n) is 7.61. The average molecular weight is 559 g/mol. The fourth-order valence-corrected chi connectivity index (χ4v) is 2.36. The number of carbonyl (C=O) groups is 1. The van der Waals surface area contributed by atoms with Crippen molar-refractivity contribution in [2.45, 2.75) is 39.8 Å². The summed E-state index contributed by atoms with van der Waals surface area (Å²) in [6.45, 7) is 9.43. The van der Waals surface area contributed by atoms with Gasteiger partial charge in [-0.25, -0.2) is 19.2 Å². The number of alkyl carbamates (subject to hydrolysis) is 1. The van der Waals surface area contributed by atoms with E-state index in [2.05, 4.69) is 25.9 Å². The Balaban J connectivity index is 0.00000512. The Labute approximate surface area is 205 Å². The number of nitrogens with zero attached hydrogens (tertiary/aromatic N) is 2. The molecule has 10 heteroatoms. The van der Waals surface area contributed by atoms with Crippen LogP contribution in [0.4, 0.5) is 9.18 Å². The highest BCUT2D eigenvalue weighted by atomic mass is 127. The van der Waals surface area contributed by atoms with Gasteiger partial charge in [0.25, 0.3) is 0 Å². The van der Waals surface area contributed by atoms with E-state index in [1.54, 1.807) is 24.4 Å². The van der Waals surface area contributed by atoms with Crippen molar-refractivity contribution in [3.63, 3.8) is 0 Å². The quantitative estimate of drug-likeness (QED) is 0.194. The Hall–Kier alpha value is -2.63. The van der Waals surface area contributed by atoms with Gasteiger partial charge in [-0.2, -0.15) is 0 Å². The number of aromatic nitrogens is 1. The Morgan fingerprint density at radius 1 is 1.06 bits per heavy atom. The van der Waals surface area contributed by atoms with E-state index in [1.165, 1.54) is 12.1 Å². The number of carbonyl (C=O) groups excluding carboxylic acids is 1. The number of hydrogen-bond acceptors (Lipinski definition) is 5. The van der Waals surface area contributed by atoms with Crippen LogP contribution in [0.1, 0.15) is 33.3 Å². The highest BCUT2D eigenvalue weighted by molar-refractivity contribution is 14.0. The zero-order chi connectivity index (χ0) is 22.7. The normalized spacial score (nSPS) is 11.2. The molecule has 0 atom stereocenters. The summed E-state index contributed by atoms with van der Waals surface area (Å²) in [6.07, 6.45) is 1.22. The van der Waals surface area contributed by atoms with Gasteiger partial charge in [-0.1, -0.05) is 6.07 Å². The van der Waals surface area contributed by atoms with Crippen LogP contribution in [0.15, 0.2) is 47.6 Å². The van der Waals surface area contributed by atoms with Crippen molar-refractivity contribution >= 4 is 36.0 Å². The van der Waals surface area contributed by atoms with Gasteiger partial charge < -0.3 is 25.4 Å². The van der Waals surface area contributed by atoms with Gasteiger partial charge in [0.15, 0.2) is 5.96 Å². The van der Waals surface area contributed by atoms with Crippen LogP contribution in [0.25, 0.3) is 0 Å². The van der Waals surface area contributed by atoms with Gasteiger partial charge >= 0.3 is 6.09 Å². The van der Waals surface area contributed by atoms with Gasteiger partial charge in [-0.15, -0.1) is 24.0 Å². The van der Waals surface area contributed by atoms with Gasteiger partial charge in [0, 0.05) is 31.9 Å². The molecule has 1 amide bonds. The van der Waals surface area contributed by atoms with Crippen molar-refractivity contribution < 1.29 is 18.7 Å². The second kappa shape index (κ2) is 13.7. The first-order valence-corrected chi connectivity index (χ1v) is 10.1. The summed E-state index contributed by atoms with van der Waals surface area (Å²) in [5, 5.41) is 8.99. The molecule has 0 saturated heterocycles. The first-order chi connectivity index (χ1) is 14.7. The number of ether oxygens (including phenoxy) is 2. The van der Waals surface area contributed by atoms with Crippen LogP contribution in [0, 0.1) is 5.82 Å². The number of amides is 1. The summed E-state index contributed by atoms with van der Waals surface area (Å²) in [7, 11) is 0. The van der Waals surface area contributed by atoms with E-state index in [0.717, 1.165) is 5.56 Å². The number of aliphatic imine (C=N–C) groups is 1. The number of hydrogen-bond donors (Lipinski definition) is 3. The minimum Gasteiger partial charge on any atom is -0.444 e. The highest BCUT2D eigenvalue weighted by Crippen LogP contribution is 2.19. The van der Waals surface area contributed by atoms with E-state index in [1.807, 2.05) is 33.8 Å². The Kier molecular flexibility index (Phi) is 11.7. The highest BCUT2D eigenvalue weighted by Gasteiger charge is 2.15. The van der Waals surface area contributed by atoms with Crippen LogP contribution < -0.4 is 20.7 Å². The predicted molar refractivity (Wildman–Crippen MR) is 133 cm³/mol. The Morgan fingerprint density at radius 3 is 2.34 bits per heavy atom. The molecule has 1 aromatic heterocycles. The van der Waals surface area contributed by atoms with Crippen LogP contribution in [-0.2, 0) is 11.3 Å². The van der Waals surface area contributed by atoms with E-state index < -0.39 is 11.7 Å². The maximum atomic E-state index is 13.0. The van der Waals surface area contributed by atoms with E-state index in [4.69, 9.17) is 9.47 Å². The van der Waals surface area contributed by atoms with Gasteiger partial charge in [-0.05, 0) is 57.5 Å². The van der Waals surface area contributed by atoms with Gasteiger partial charge in [0.1, 0.15) is 17.2 Å². The average Bonchev–Trinajstić information content (AvgIpc) is 2.71. The molecular formula is C22H31FIN5O3. The summed E-state index contributed by atoms with van der Waals surface area (Å²) in [4.78, 5) is 20.4. The van der Waals surface area contributed by atoms with Crippen LogP contribution >= 0.6 is 24.0 Å². The predicted octanol–water partition coefficient (Wildman–Crippen LogP) is 4.21. The van der Waals surface area contributed by atoms with Crippen LogP contribution in [0.5, 0.6) is 11.6 Å². The Bertz CT molecular complexity index is 855. The maximum absolute atomic E-state index is 13.0. The van der Waals surface area contributed by atoms with Crippen molar-refractivity contribution in [2.75, 3.05) is 19.6 Å². The number of pyridine rings is 1. The molecule has 2 rings (SSSR count). The van der Waals surface area contributed by atoms with E-state index in [-0.39, 0.29) is 29.8 Å². The summed E-state index contributed by atoms with van der Waals surface area (Å²) in [6, 6.07) is 9.35. The first kappa shape index (κ1) is 27.4. The summed E-state index contributed by atoms with van der Waals surface area (Å²) in [5.74, 6) is 1.23. The molecule has 8 nitrogen and oxygen atoms in total. The van der Waals surface area contributed by atoms with Crippen molar-refractivity contribution in [3.8, 4) is 11.6 Å². The topological polar surface area (TPSA) is 96.9 Å². The Morgan fingerprint density at radius 2 is 1.75 bits per heavy atom. The molecule has 2 aromatic rings. The van der Waals surface area contributed by atoms with Crippen LogP contribution in [0.3, 0.4) is 0 Å². The number of halogens is 2. The molecule has 0 bridgehead atoms. The molecular weight excluding hydrogens is 528 g/mol. The molecule has 32 heavy (non-hydrogen) atoms. The second-order valence-corrected chi connectivity index (χ2v) is 7.61. The number of nitrogens with one attached hydrogen (secondary N) is 3. The lowest BCUT2D eigenvalue weighted by Gasteiger charge is -2.19. The van der Waals surface area contributed by atoms with E-state index >= 15 is 0 Å². The third kappa shape index (κ3) is 11.1. The molecule has 0 aliphatic heterocycles. The van der Waals surface area contributed by atoms with Crippen molar-refractivity contribution in [1.82, 2.24) is 20.9 Å². The lowest BCUT2D eigenvalue weighted by atomic mass is 10.2. The molecule has 1 heterocycles. The maximum Gasteiger partial charge on any atom is 0.407 e. The smallest absolute Gasteiger partial charge is 0.407 e. The molecule has 3 N–H and O–H groups in total. The third-order valence-electron chi connectivity index (χ3n) is 3.68. The summed E-state index contributed by atoms with van der Waals surface area (Å²) < 4.78 is 23.7. The molecule has 176 valence electrons. The van der Waals surface area contributed by atoms with Gasteiger partial charge in [0.05, 0.1) is 6.54 Å². The first-order valence-electron chi connectivity index (χ1n) is 10.1. The SMILES string of the molecule is CCNC(=NCc1ccc(Oc2ccc(F)cc2)nc1)NCCNC(=O)OC(C)(C)C.I. The molecule has 0 spiro atoms. The van der Waals surface area contributed by atoms with Crippen LogP contribution in [-0.4, -0.2) is 42.3 Å². The standard InChI is InChI=1S/C22H30FN5O3.HI/c1-5-24-20(25-12-13-26-21(29)31-22(2,3)4)28-15-16-6-11-19(27-14-16)30-18-9-7-17(23)8-10-18;/h6-11,14H,5,12-13,15H2,1-4H3,(H,26,29)(H2,24,25,28);1H. The van der Waals surface area contributed by atoms with Crippen LogP contribution in [0.2, 0.25) is 0 Å². The fraction of sp³-hybridized carbons (Fsp3) is 0.409. The number of rotatable bonds is 8. The zero-order valence-corrected chi connectivity index (χ0v) is 21.1. The van der Waals surface area contributed by atoms with Crippen molar-refractivity contribution in [1.29, 1.82) is 0 Å². The van der Waals surface area contributed by atoms with E-state index in [9.17, 15) is 9.18 Å². The molecule has 0 saturated carbocycles. The fourth-order valence-electron chi connectivity index (χ4n) is 2.36. The molecule has 0 fully saturated rings. The van der Waals surface area contributed by atoms with Gasteiger partial charge in [-0.3, -0.25) is 0 Å². The van der Waals surface area contributed by atoms with Gasteiger partial charge in [0.2, 0.25) is 5.88 Å². The molecule has 0 aliphatic rings. The minimum atomic E-state index is -0.526. The summed E-state index contributed by atoms with van der Waals surface area (Å²) in [5.41, 5.74) is 0.372. The summed E-state index contributed by atoms with van der Waals surface area (Å²) >= 11 is 0.